The maximum atomic E-state index is 13.5. The van der Waals surface area contributed by atoms with Gasteiger partial charge in [0, 0.05) is 13.1 Å². The van der Waals surface area contributed by atoms with Crippen LogP contribution in [0.15, 0.2) is 24.3 Å². The fraction of sp³-hybridized carbons (Fsp3) is 0.571. The van der Waals surface area contributed by atoms with E-state index in [9.17, 15) is 24.8 Å². The molecule has 4 N–H and O–H groups in total. The van der Waals surface area contributed by atoms with Gasteiger partial charge in [-0.25, -0.2) is 4.39 Å². The Kier molecular flexibility index (Phi) is 5.06. The lowest BCUT2D eigenvalue weighted by Gasteiger charge is -2.43. The first-order valence-corrected chi connectivity index (χ1v) is 6.67. The second-order valence-electron chi connectivity index (χ2n) is 5.13. The van der Waals surface area contributed by atoms with Gasteiger partial charge in [-0.3, -0.25) is 4.90 Å². The Hall–Kier alpha value is -1.05. The minimum Gasteiger partial charge on any atom is -0.395 e. The molecule has 1 fully saturated rings. The van der Waals surface area contributed by atoms with Crippen molar-refractivity contribution in [2.45, 2.75) is 30.8 Å². The second kappa shape index (κ2) is 6.60. The molecule has 0 unspecified atom stereocenters. The number of halogens is 1. The zero-order valence-electron chi connectivity index (χ0n) is 11.1. The summed E-state index contributed by atoms with van der Waals surface area (Å²) in [7, 11) is 0. The van der Waals surface area contributed by atoms with Crippen LogP contribution in [0.1, 0.15) is 5.56 Å². The van der Waals surface area contributed by atoms with E-state index in [1.165, 1.54) is 6.07 Å². The lowest BCUT2D eigenvalue weighted by molar-refractivity contribution is -0.144. The predicted molar refractivity (Wildman–Crippen MR) is 70.6 cm³/mol. The molecule has 20 heavy (non-hydrogen) atoms. The van der Waals surface area contributed by atoms with Gasteiger partial charge in [0.1, 0.15) is 18.0 Å². The van der Waals surface area contributed by atoms with E-state index in [-0.39, 0.29) is 19.0 Å². The van der Waals surface area contributed by atoms with Crippen molar-refractivity contribution in [2.24, 2.45) is 0 Å². The molecule has 0 aliphatic carbocycles. The van der Waals surface area contributed by atoms with Gasteiger partial charge in [0.15, 0.2) is 0 Å². The molecular weight excluding hydrogens is 265 g/mol. The quantitative estimate of drug-likeness (QED) is 0.578. The number of benzene rings is 1. The molecule has 0 bridgehead atoms. The van der Waals surface area contributed by atoms with Crippen LogP contribution in [-0.2, 0) is 6.42 Å². The Balaban J connectivity index is 2.02. The van der Waals surface area contributed by atoms with Gasteiger partial charge < -0.3 is 20.4 Å². The fourth-order valence-corrected chi connectivity index (χ4v) is 2.60. The summed E-state index contributed by atoms with van der Waals surface area (Å²) >= 11 is 0. The van der Waals surface area contributed by atoms with Crippen LogP contribution in [0.3, 0.4) is 0 Å². The van der Waals surface area contributed by atoms with Crippen molar-refractivity contribution in [3.63, 3.8) is 0 Å². The average Bonchev–Trinajstić information content (AvgIpc) is 2.44. The van der Waals surface area contributed by atoms with E-state index in [4.69, 9.17) is 0 Å². The molecule has 5 nitrogen and oxygen atoms in total. The number of aliphatic hydroxyl groups excluding tert-OH is 4. The third-order valence-electron chi connectivity index (χ3n) is 3.84. The van der Waals surface area contributed by atoms with Crippen molar-refractivity contribution in [2.75, 3.05) is 19.7 Å². The van der Waals surface area contributed by atoms with Crippen LogP contribution in [0, 0.1) is 5.82 Å². The van der Waals surface area contributed by atoms with Crippen LogP contribution in [0.4, 0.5) is 4.39 Å². The van der Waals surface area contributed by atoms with E-state index in [0.29, 0.717) is 18.5 Å². The highest BCUT2D eigenvalue weighted by Crippen LogP contribution is 2.19. The summed E-state index contributed by atoms with van der Waals surface area (Å²) in [6.45, 7) is 0.188. The molecule has 0 amide bonds. The number of β-amino-alcohol motifs (C(OH)–C–C–N with tert-alkyl or cyclic N) is 1. The summed E-state index contributed by atoms with van der Waals surface area (Å²) in [6, 6.07) is 5.75. The minimum absolute atomic E-state index is 0.137. The highest BCUT2D eigenvalue weighted by atomic mass is 19.1. The van der Waals surface area contributed by atoms with E-state index >= 15 is 0 Å². The molecule has 0 radical (unpaired) electrons. The highest BCUT2D eigenvalue weighted by molar-refractivity contribution is 5.17. The maximum absolute atomic E-state index is 13.5. The van der Waals surface area contributed by atoms with Crippen LogP contribution in [-0.4, -0.2) is 69.4 Å². The molecule has 1 heterocycles. The summed E-state index contributed by atoms with van der Waals surface area (Å²) < 4.78 is 13.5. The molecule has 2 rings (SSSR count). The lowest BCUT2D eigenvalue weighted by Crippen LogP contribution is -2.62. The average molecular weight is 285 g/mol. The Morgan fingerprint density at radius 1 is 1.15 bits per heavy atom. The van der Waals surface area contributed by atoms with Gasteiger partial charge in [0.05, 0.1) is 18.8 Å². The van der Waals surface area contributed by atoms with Gasteiger partial charge in [-0.15, -0.1) is 0 Å². The van der Waals surface area contributed by atoms with E-state index in [1.807, 2.05) is 0 Å². The monoisotopic (exact) mass is 285 g/mol. The van der Waals surface area contributed by atoms with Crippen LogP contribution in [0.5, 0.6) is 0 Å². The third kappa shape index (κ3) is 3.16. The second-order valence-corrected chi connectivity index (χ2v) is 5.13. The van der Waals surface area contributed by atoms with Crippen LogP contribution >= 0.6 is 0 Å². The number of likely N-dealkylation sites (tertiary alicyclic amines) is 1. The van der Waals surface area contributed by atoms with Gasteiger partial charge in [0.25, 0.3) is 0 Å². The van der Waals surface area contributed by atoms with E-state index in [0.717, 1.165) is 0 Å². The van der Waals surface area contributed by atoms with Gasteiger partial charge in [-0.05, 0) is 18.1 Å². The zero-order valence-corrected chi connectivity index (χ0v) is 11.1. The molecule has 112 valence electrons. The van der Waals surface area contributed by atoms with Crippen LogP contribution < -0.4 is 0 Å². The summed E-state index contributed by atoms with van der Waals surface area (Å²) in [5.41, 5.74) is 0.541. The van der Waals surface area contributed by atoms with Crippen molar-refractivity contribution >= 4 is 0 Å². The van der Waals surface area contributed by atoms with Gasteiger partial charge in [-0.2, -0.15) is 0 Å². The molecule has 1 saturated heterocycles. The van der Waals surface area contributed by atoms with E-state index < -0.39 is 24.4 Å². The number of nitrogens with zero attached hydrogens (tertiary/aromatic N) is 1. The van der Waals surface area contributed by atoms with Crippen molar-refractivity contribution in [1.29, 1.82) is 0 Å². The van der Waals surface area contributed by atoms with E-state index in [2.05, 4.69) is 0 Å². The molecule has 1 aliphatic heterocycles. The molecule has 1 aromatic rings. The van der Waals surface area contributed by atoms with Crippen LogP contribution in [0.25, 0.3) is 0 Å². The molecule has 1 aliphatic rings. The first kappa shape index (κ1) is 15.3. The number of hydrogen-bond donors (Lipinski definition) is 4. The maximum Gasteiger partial charge on any atom is 0.126 e. The van der Waals surface area contributed by atoms with Crippen molar-refractivity contribution < 1.29 is 24.8 Å². The van der Waals surface area contributed by atoms with Crippen molar-refractivity contribution in [1.82, 2.24) is 4.90 Å². The number of piperidine rings is 1. The first-order chi connectivity index (χ1) is 9.54. The summed E-state index contributed by atoms with van der Waals surface area (Å²) in [5.74, 6) is -0.300. The zero-order chi connectivity index (χ0) is 14.7. The number of hydrogen-bond acceptors (Lipinski definition) is 5. The topological polar surface area (TPSA) is 84.2 Å². The van der Waals surface area contributed by atoms with Crippen LogP contribution in [0.2, 0.25) is 0 Å². The molecule has 0 saturated carbocycles. The lowest BCUT2D eigenvalue weighted by atomic mass is 9.94. The molecule has 6 heteroatoms. The largest absolute Gasteiger partial charge is 0.395 e. The third-order valence-corrected chi connectivity index (χ3v) is 3.84. The van der Waals surface area contributed by atoms with Gasteiger partial charge >= 0.3 is 0 Å². The fourth-order valence-electron chi connectivity index (χ4n) is 2.60. The number of aliphatic hydroxyl groups is 4. The molecule has 0 spiro atoms. The summed E-state index contributed by atoms with van der Waals surface area (Å²) in [6.07, 6.45) is -3.16. The Labute approximate surface area is 116 Å². The smallest absolute Gasteiger partial charge is 0.126 e. The Bertz CT molecular complexity index is 445. The minimum atomic E-state index is -1.27. The highest BCUT2D eigenvalue weighted by Gasteiger charge is 2.40. The summed E-state index contributed by atoms with van der Waals surface area (Å²) in [4.78, 5) is 1.68. The van der Waals surface area contributed by atoms with Crippen molar-refractivity contribution in [3.05, 3.63) is 35.6 Å². The first-order valence-electron chi connectivity index (χ1n) is 6.67. The molecule has 1 aromatic carbocycles. The summed E-state index contributed by atoms with van der Waals surface area (Å²) in [5, 5.41) is 38.4. The Morgan fingerprint density at radius 3 is 2.50 bits per heavy atom. The standard InChI is InChI=1S/C14H20FNO4/c15-10-4-2-1-3-9(10)5-6-16-7-12(18)14(20)13(19)11(16)8-17/h1-4,11-14,17-20H,5-8H2/t11-,12-,13+,14+/m0/s1. The van der Waals surface area contributed by atoms with E-state index in [1.54, 1.807) is 23.1 Å². The van der Waals surface area contributed by atoms with Gasteiger partial charge in [0.2, 0.25) is 0 Å². The predicted octanol–water partition coefficient (Wildman–Crippen LogP) is -0.873. The van der Waals surface area contributed by atoms with Gasteiger partial charge in [-0.1, -0.05) is 18.2 Å². The number of rotatable bonds is 4. The SMILES string of the molecule is OC[C@H]1[C@@H](O)[C@H](O)[C@@H](O)CN1CCc1ccccc1F. The molecule has 0 aromatic heterocycles. The normalized spacial score (nSPS) is 31.4. The Morgan fingerprint density at radius 2 is 1.85 bits per heavy atom. The van der Waals surface area contributed by atoms with Crippen molar-refractivity contribution in [3.8, 4) is 0 Å². The molecular formula is C14H20FNO4. The molecule has 4 atom stereocenters.